The third-order valence-corrected chi connectivity index (χ3v) is 4.71. The van der Waals surface area contributed by atoms with Crippen LogP contribution in [0.1, 0.15) is 19.8 Å². The van der Waals surface area contributed by atoms with Crippen LogP contribution in [0.4, 0.5) is 5.69 Å². The molecule has 27 heavy (non-hydrogen) atoms. The maximum Gasteiger partial charge on any atom is 0.191 e. The fourth-order valence-electron chi connectivity index (χ4n) is 3.26. The van der Waals surface area contributed by atoms with Crippen molar-refractivity contribution in [3.8, 4) is 0 Å². The zero-order chi connectivity index (χ0) is 18.6. The molecule has 0 spiro atoms. The highest BCUT2D eigenvalue weighted by Gasteiger charge is 2.16. The van der Waals surface area contributed by atoms with E-state index < -0.39 is 0 Å². The van der Waals surface area contributed by atoms with Crippen LogP contribution in [-0.2, 0) is 4.74 Å². The molecule has 0 aliphatic carbocycles. The van der Waals surface area contributed by atoms with E-state index >= 15 is 0 Å². The Labute approximate surface area is 181 Å². The van der Waals surface area contributed by atoms with Gasteiger partial charge in [0.1, 0.15) is 0 Å². The van der Waals surface area contributed by atoms with Crippen LogP contribution in [0.15, 0.2) is 35.3 Å². The number of benzene rings is 1. The molecular formula is C20H36IN5O. The van der Waals surface area contributed by atoms with Gasteiger partial charge in [-0.25, -0.2) is 0 Å². The lowest BCUT2D eigenvalue weighted by atomic mass is 10.2. The highest BCUT2D eigenvalue weighted by Crippen LogP contribution is 2.15. The van der Waals surface area contributed by atoms with Gasteiger partial charge in [-0.3, -0.25) is 9.89 Å². The van der Waals surface area contributed by atoms with Crippen molar-refractivity contribution in [1.29, 1.82) is 0 Å². The topological polar surface area (TPSA) is 52.1 Å². The minimum Gasteiger partial charge on any atom is -0.383 e. The second-order valence-electron chi connectivity index (χ2n) is 6.87. The Hall–Kier alpha value is -1.06. The standard InChI is InChI=1S/C20H35N5O.HI/c1-18(17-26-3)23-20(21-2)22-11-7-8-12-24-13-15-25(16-14-24)19-9-5-4-6-10-19;/h4-6,9-10,18H,7-8,11-17H2,1-3H3,(H2,21,22,23);1H. The molecule has 1 unspecified atom stereocenters. The lowest BCUT2D eigenvalue weighted by Crippen LogP contribution is -2.47. The molecule has 0 amide bonds. The van der Waals surface area contributed by atoms with E-state index in [9.17, 15) is 0 Å². The smallest absolute Gasteiger partial charge is 0.191 e. The molecule has 1 fully saturated rings. The molecule has 0 bridgehead atoms. The van der Waals surface area contributed by atoms with Crippen LogP contribution in [0, 0.1) is 0 Å². The molecule has 2 N–H and O–H groups in total. The van der Waals surface area contributed by atoms with Crippen LogP contribution in [0.5, 0.6) is 0 Å². The molecule has 1 atom stereocenters. The van der Waals surface area contributed by atoms with Gasteiger partial charge in [-0.15, -0.1) is 24.0 Å². The van der Waals surface area contributed by atoms with E-state index in [-0.39, 0.29) is 30.0 Å². The number of anilines is 1. The summed E-state index contributed by atoms with van der Waals surface area (Å²) in [7, 11) is 3.52. The van der Waals surface area contributed by atoms with Crippen molar-refractivity contribution in [3.63, 3.8) is 0 Å². The van der Waals surface area contributed by atoms with Crippen molar-refractivity contribution in [2.24, 2.45) is 4.99 Å². The summed E-state index contributed by atoms with van der Waals surface area (Å²) in [5, 5.41) is 6.71. The fraction of sp³-hybridized carbons (Fsp3) is 0.650. The first-order valence-electron chi connectivity index (χ1n) is 9.71. The Kier molecular flexibility index (Phi) is 12.4. The molecule has 154 valence electrons. The van der Waals surface area contributed by atoms with Crippen LogP contribution in [0.3, 0.4) is 0 Å². The molecule has 1 saturated heterocycles. The van der Waals surface area contributed by atoms with E-state index in [1.54, 1.807) is 14.2 Å². The third-order valence-electron chi connectivity index (χ3n) is 4.71. The number of aliphatic imine (C=N–C) groups is 1. The van der Waals surface area contributed by atoms with Gasteiger partial charge in [0.15, 0.2) is 5.96 Å². The van der Waals surface area contributed by atoms with Gasteiger partial charge in [0.2, 0.25) is 0 Å². The highest BCUT2D eigenvalue weighted by molar-refractivity contribution is 14.0. The van der Waals surface area contributed by atoms with Gasteiger partial charge < -0.3 is 20.3 Å². The summed E-state index contributed by atoms with van der Waals surface area (Å²) in [6, 6.07) is 11.0. The first-order chi connectivity index (χ1) is 12.7. The molecular weight excluding hydrogens is 453 g/mol. The van der Waals surface area contributed by atoms with Crippen molar-refractivity contribution in [2.75, 3.05) is 64.9 Å². The van der Waals surface area contributed by atoms with Gasteiger partial charge in [-0.1, -0.05) is 18.2 Å². The van der Waals surface area contributed by atoms with Crippen LogP contribution in [0.2, 0.25) is 0 Å². The SMILES string of the molecule is CN=C(NCCCCN1CCN(c2ccccc2)CC1)NC(C)COC.I. The summed E-state index contributed by atoms with van der Waals surface area (Å²) in [4.78, 5) is 9.32. The van der Waals surface area contributed by atoms with Crippen LogP contribution >= 0.6 is 24.0 Å². The number of guanidine groups is 1. The first-order valence-corrected chi connectivity index (χ1v) is 9.71. The molecule has 0 radical (unpaired) electrons. The molecule has 1 heterocycles. The average Bonchev–Trinajstić information content (AvgIpc) is 2.68. The van der Waals surface area contributed by atoms with E-state index in [1.807, 2.05) is 0 Å². The fourth-order valence-corrected chi connectivity index (χ4v) is 3.26. The monoisotopic (exact) mass is 489 g/mol. The Balaban J connectivity index is 0.00000364. The molecule has 1 aromatic rings. The van der Waals surface area contributed by atoms with Gasteiger partial charge in [0, 0.05) is 58.6 Å². The van der Waals surface area contributed by atoms with Crippen molar-refractivity contribution in [3.05, 3.63) is 30.3 Å². The summed E-state index contributed by atoms with van der Waals surface area (Å²) in [5.41, 5.74) is 1.35. The molecule has 1 aromatic carbocycles. The first kappa shape index (κ1) is 24.0. The number of unbranched alkanes of at least 4 members (excludes halogenated alkanes) is 1. The lowest BCUT2D eigenvalue weighted by Gasteiger charge is -2.36. The average molecular weight is 489 g/mol. The Morgan fingerprint density at radius 3 is 2.48 bits per heavy atom. The number of nitrogens with one attached hydrogen (secondary N) is 2. The number of rotatable bonds is 9. The summed E-state index contributed by atoms with van der Waals surface area (Å²) >= 11 is 0. The van der Waals surface area contributed by atoms with Gasteiger partial charge in [-0.2, -0.15) is 0 Å². The number of hydrogen-bond acceptors (Lipinski definition) is 4. The van der Waals surface area contributed by atoms with Gasteiger partial charge in [0.25, 0.3) is 0 Å². The maximum absolute atomic E-state index is 5.14. The summed E-state index contributed by atoms with van der Waals surface area (Å²) in [5.74, 6) is 0.853. The number of methoxy groups -OCH3 is 1. The predicted octanol–water partition coefficient (Wildman–Crippen LogP) is 2.41. The Morgan fingerprint density at radius 2 is 1.85 bits per heavy atom. The van der Waals surface area contributed by atoms with Gasteiger partial charge >= 0.3 is 0 Å². The Morgan fingerprint density at radius 1 is 1.15 bits per heavy atom. The summed E-state index contributed by atoms with van der Waals surface area (Å²) < 4.78 is 5.14. The molecule has 0 aromatic heterocycles. The maximum atomic E-state index is 5.14. The minimum atomic E-state index is 0. The van der Waals surface area contributed by atoms with Crippen LogP contribution in [0.25, 0.3) is 0 Å². The van der Waals surface area contributed by atoms with E-state index in [2.05, 4.69) is 62.7 Å². The van der Waals surface area contributed by atoms with Crippen LogP contribution in [-0.4, -0.2) is 76.9 Å². The summed E-state index contributed by atoms with van der Waals surface area (Å²) in [6.45, 7) is 9.44. The van der Waals surface area contributed by atoms with E-state index in [0.717, 1.165) is 45.1 Å². The Bertz CT molecular complexity index is 520. The molecule has 7 heteroatoms. The quantitative estimate of drug-likeness (QED) is 0.242. The second-order valence-corrected chi connectivity index (χ2v) is 6.87. The molecule has 2 rings (SSSR count). The normalized spacial score (nSPS) is 16.6. The lowest BCUT2D eigenvalue weighted by molar-refractivity contribution is 0.179. The number of ether oxygens (including phenoxy) is 1. The van der Waals surface area contributed by atoms with Crippen LogP contribution < -0.4 is 15.5 Å². The zero-order valence-electron chi connectivity index (χ0n) is 17.0. The highest BCUT2D eigenvalue weighted by atomic mass is 127. The molecule has 1 aliphatic heterocycles. The number of nitrogens with zero attached hydrogens (tertiary/aromatic N) is 3. The number of hydrogen-bond donors (Lipinski definition) is 2. The predicted molar refractivity (Wildman–Crippen MR) is 126 cm³/mol. The molecule has 6 nitrogen and oxygen atoms in total. The van der Waals surface area contributed by atoms with Gasteiger partial charge in [0.05, 0.1) is 6.61 Å². The van der Waals surface area contributed by atoms with Crippen molar-refractivity contribution < 1.29 is 4.74 Å². The van der Waals surface area contributed by atoms with Crippen molar-refractivity contribution in [2.45, 2.75) is 25.8 Å². The second kappa shape index (κ2) is 14.0. The third kappa shape index (κ3) is 9.12. The minimum absolute atomic E-state index is 0. The van der Waals surface area contributed by atoms with Gasteiger partial charge in [-0.05, 0) is 38.4 Å². The zero-order valence-corrected chi connectivity index (χ0v) is 19.3. The molecule has 0 saturated carbocycles. The summed E-state index contributed by atoms with van der Waals surface area (Å²) in [6.07, 6.45) is 2.36. The molecule has 1 aliphatic rings. The van der Waals surface area contributed by atoms with E-state index in [1.165, 1.54) is 18.7 Å². The van der Waals surface area contributed by atoms with Crippen molar-refractivity contribution >= 4 is 35.6 Å². The largest absolute Gasteiger partial charge is 0.383 e. The van der Waals surface area contributed by atoms with E-state index in [0.29, 0.717) is 6.61 Å². The van der Waals surface area contributed by atoms with Crippen molar-refractivity contribution in [1.82, 2.24) is 15.5 Å². The number of piperazine rings is 1. The number of halogens is 1. The van der Waals surface area contributed by atoms with E-state index in [4.69, 9.17) is 4.74 Å². The number of para-hydroxylation sites is 1.